The third-order valence-corrected chi connectivity index (χ3v) is 3.84. The van der Waals surface area contributed by atoms with Gasteiger partial charge < -0.3 is 16.4 Å². The number of β-lactam (4-membered cyclic amide) rings is 1. The van der Waals surface area contributed by atoms with E-state index in [-0.39, 0.29) is 17.9 Å². The molecular weight excluding hydrogens is 174 g/mol. The van der Waals surface area contributed by atoms with Crippen LogP contribution >= 0.6 is 11.8 Å². The number of hydrogen-bond donors (Lipinski definition) is 2. The highest BCUT2D eigenvalue weighted by atomic mass is 32.2. The molecule has 0 aromatic rings. The van der Waals surface area contributed by atoms with Crippen LogP contribution in [-0.4, -0.2) is 41.1 Å². The van der Waals surface area contributed by atoms with Crippen LogP contribution in [0.3, 0.4) is 0 Å². The zero-order valence-electron chi connectivity index (χ0n) is 6.77. The molecule has 2 fully saturated rings. The van der Waals surface area contributed by atoms with E-state index in [1.165, 1.54) is 0 Å². The summed E-state index contributed by atoms with van der Waals surface area (Å²) in [5.41, 5.74) is 11.2. The van der Waals surface area contributed by atoms with Crippen LogP contribution in [0.2, 0.25) is 0 Å². The summed E-state index contributed by atoms with van der Waals surface area (Å²) < 4.78 is 0. The summed E-state index contributed by atoms with van der Waals surface area (Å²) in [5.74, 6) is 1.23. The molecule has 0 radical (unpaired) electrons. The molecule has 2 unspecified atom stereocenters. The van der Waals surface area contributed by atoms with Gasteiger partial charge in [0.15, 0.2) is 0 Å². The van der Waals surface area contributed by atoms with E-state index in [4.69, 9.17) is 11.5 Å². The second-order valence-electron chi connectivity index (χ2n) is 3.22. The van der Waals surface area contributed by atoms with Gasteiger partial charge >= 0.3 is 0 Å². The molecular formula is C7H13N3OS. The predicted octanol–water partition coefficient (Wildman–Crippen LogP) is -1.20. The van der Waals surface area contributed by atoms with E-state index in [1.807, 2.05) is 16.7 Å². The topological polar surface area (TPSA) is 72.3 Å². The second-order valence-corrected chi connectivity index (χ2v) is 4.44. The Morgan fingerprint density at radius 3 is 3.17 bits per heavy atom. The molecule has 0 aromatic carbocycles. The minimum atomic E-state index is -0.149. The van der Waals surface area contributed by atoms with Crippen molar-refractivity contribution < 1.29 is 4.79 Å². The number of amides is 1. The number of hydrogen-bond acceptors (Lipinski definition) is 4. The first-order chi connectivity index (χ1) is 5.75. The highest BCUT2D eigenvalue weighted by Gasteiger charge is 2.52. The fourth-order valence-corrected chi connectivity index (χ4v) is 3.25. The number of thioether (sulfide) groups is 1. The van der Waals surface area contributed by atoms with Gasteiger partial charge in [0.1, 0.15) is 0 Å². The normalized spacial score (nSPS) is 36.2. The molecule has 0 saturated carbocycles. The van der Waals surface area contributed by atoms with Gasteiger partial charge in [0.2, 0.25) is 5.91 Å². The zero-order chi connectivity index (χ0) is 8.72. The molecule has 2 heterocycles. The highest BCUT2D eigenvalue weighted by Crippen LogP contribution is 2.40. The molecule has 3 atom stereocenters. The lowest BCUT2D eigenvalue weighted by atomic mass is 9.90. The van der Waals surface area contributed by atoms with E-state index >= 15 is 0 Å². The lowest BCUT2D eigenvalue weighted by Crippen LogP contribution is -2.63. The van der Waals surface area contributed by atoms with Crippen LogP contribution in [0.5, 0.6) is 0 Å². The summed E-state index contributed by atoms with van der Waals surface area (Å²) in [4.78, 5) is 13.3. The molecule has 0 bridgehead atoms. The molecule has 2 aliphatic heterocycles. The van der Waals surface area contributed by atoms with Gasteiger partial charge in [-0.25, -0.2) is 0 Å². The van der Waals surface area contributed by atoms with Gasteiger partial charge in [-0.1, -0.05) is 0 Å². The largest absolute Gasteiger partial charge is 0.329 e. The van der Waals surface area contributed by atoms with Crippen molar-refractivity contribution >= 4 is 17.7 Å². The Bertz CT molecular complexity index is 211. The first-order valence-electron chi connectivity index (χ1n) is 4.13. The number of nitrogens with zero attached hydrogens (tertiary/aromatic N) is 1. The molecule has 2 saturated heterocycles. The third kappa shape index (κ3) is 0.967. The van der Waals surface area contributed by atoms with E-state index in [0.717, 1.165) is 12.3 Å². The Morgan fingerprint density at radius 1 is 1.75 bits per heavy atom. The van der Waals surface area contributed by atoms with Crippen molar-refractivity contribution in [2.24, 2.45) is 17.4 Å². The average molecular weight is 187 g/mol. The van der Waals surface area contributed by atoms with Gasteiger partial charge in [0.25, 0.3) is 0 Å². The molecule has 0 aromatic heterocycles. The monoisotopic (exact) mass is 187 g/mol. The van der Waals surface area contributed by atoms with Gasteiger partial charge in [0, 0.05) is 24.9 Å². The summed E-state index contributed by atoms with van der Waals surface area (Å²) >= 11 is 1.82. The number of carbonyl (C=O) groups excluding carboxylic acids is 1. The Labute approximate surface area is 75.6 Å². The van der Waals surface area contributed by atoms with E-state index in [2.05, 4.69) is 0 Å². The maximum absolute atomic E-state index is 11.4. The van der Waals surface area contributed by atoms with Gasteiger partial charge in [-0.2, -0.15) is 0 Å². The molecule has 5 heteroatoms. The lowest BCUT2D eigenvalue weighted by Gasteiger charge is -2.44. The molecule has 1 amide bonds. The summed E-state index contributed by atoms with van der Waals surface area (Å²) in [7, 11) is 0. The van der Waals surface area contributed by atoms with Crippen LogP contribution < -0.4 is 11.5 Å². The molecule has 0 aliphatic carbocycles. The van der Waals surface area contributed by atoms with Gasteiger partial charge in [0.05, 0.1) is 11.3 Å². The smallest absolute Gasteiger partial charge is 0.231 e. The molecule has 12 heavy (non-hydrogen) atoms. The minimum Gasteiger partial charge on any atom is -0.329 e. The first kappa shape index (κ1) is 8.34. The van der Waals surface area contributed by atoms with Gasteiger partial charge in [-0.3, -0.25) is 4.79 Å². The second kappa shape index (κ2) is 2.90. The van der Waals surface area contributed by atoms with E-state index in [9.17, 15) is 4.79 Å². The van der Waals surface area contributed by atoms with Crippen LogP contribution in [0, 0.1) is 5.92 Å². The van der Waals surface area contributed by atoms with E-state index < -0.39 is 0 Å². The summed E-state index contributed by atoms with van der Waals surface area (Å²) in [5, 5.41) is 0.330. The van der Waals surface area contributed by atoms with Crippen LogP contribution in [0.25, 0.3) is 0 Å². The molecule has 4 nitrogen and oxygen atoms in total. The van der Waals surface area contributed by atoms with Crippen LogP contribution in [0.15, 0.2) is 0 Å². The van der Waals surface area contributed by atoms with Crippen LogP contribution in [0.4, 0.5) is 0 Å². The van der Waals surface area contributed by atoms with Crippen molar-refractivity contribution in [2.75, 3.05) is 18.8 Å². The SMILES string of the molecule is NCC(N)C1C(=O)N2CCS[C@@H]12. The van der Waals surface area contributed by atoms with Crippen molar-refractivity contribution in [1.82, 2.24) is 4.90 Å². The zero-order valence-corrected chi connectivity index (χ0v) is 7.59. The fraction of sp³-hybridized carbons (Fsp3) is 0.857. The number of nitrogens with two attached hydrogens (primary N) is 2. The number of fused-ring (bicyclic) bond motifs is 1. The van der Waals surface area contributed by atoms with E-state index in [0.29, 0.717) is 11.9 Å². The van der Waals surface area contributed by atoms with Crippen LogP contribution in [-0.2, 0) is 4.79 Å². The average Bonchev–Trinajstić information content (AvgIpc) is 2.48. The number of carbonyl (C=O) groups is 1. The van der Waals surface area contributed by atoms with Crippen molar-refractivity contribution in [3.63, 3.8) is 0 Å². The van der Waals surface area contributed by atoms with Crippen molar-refractivity contribution in [3.8, 4) is 0 Å². The van der Waals surface area contributed by atoms with Gasteiger partial charge in [-0.05, 0) is 0 Å². The summed E-state index contributed by atoms with van der Waals surface area (Å²) in [6.45, 7) is 1.29. The molecule has 2 rings (SSSR count). The maximum atomic E-state index is 11.4. The minimum absolute atomic E-state index is 0.0116. The Balaban J connectivity index is 2.04. The van der Waals surface area contributed by atoms with Crippen LogP contribution in [0.1, 0.15) is 0 Å². The lowest BCUT2D eigenvalue weighted by molar-refractivity contribution is -0.149. The van der Waals surface area contributed by atoms with Gasteiger partial charge in [-0.15, -0.1) is 11.8 Å². The highest BCUT2D eigenvalue weighted by molar-refractivity contribution is 8.00. The predicted molar refractivity (Wildman–Crippen MR) is 48.5 cm³/mol. The maximum Gasteiger partial charge on any atom is 0.231 e. The quantitative estimate of drug-likeness (QED) is 0.533. The Kier molecular flexibility index (Phi) is 2.02. The Hall–Kier alpha value is -0.260. The Morgan fingerprint density at radius 2 is 2.50 bits per heavy atom. The fourth-order valence-electron chi connectivity index (χ4n) is 1.79. The van der Waals surface area contributed by atoms with Crippen molar-refractivity contribution in [3.05, 3.63) is 0 Å². The number of rotatable bonds is 2. The summed E-state index contributed by atoms with van der Waals surface area (Å²) in [6.07, 6.45) is 0. The first-order valence-corrected chi connectivity index (χ1v) is 5.18. The van der Waals surface area contributed by atoms with Crippen molar-refractivity contribution in [2.45, 2.75) is 11.4 Å². The molecule has 2 aliphatic rings. The van der Waals surface area contributed by atoms with Crippen molar-refractivity contribution in [1.29, 1.82) is 0 Å². The molecule has 0 spiro atoms. The third-order valence-electron chi connectivity index (χ3n) is 2.54. The molecule has 4 N–H and O–H groups in total. The summed E-state index contributed by atoms with van der Waals surface area (Å²) in [6, 6.07) is -0.149. The molecule has 68 valence electrons. The standard InChI is InChI=1S/C7H13N3OS/c8-3-4(9)5-6(11)10-1-2-12-7(5)10/h4-5,7H,1-3,8-9H2/t4?,5?,7-/m0/s1. The van der Waals surface area contributed by atoms with E-state index in [1.54, 1.807) is 0 Å².